The maximum atomic E-state index is 12.7. The van der Waals surface area contributed by atoms with Gasteiger partial charge in [-0.3, -0.25) is 4.79 Å². The van der Waals surface area contributed by atoms with Crippen LogP contribution in [-0.4, -0.2) is 26.6 Å². The van der Waals surface area contributed by atoms with Gasteiger partial charge in [-0.1, -0.05) is 42.5 Å². The molecule has 0 aromatic heterocycles. The SMILES string of the molecule is CCN(C(=O)CC1C=CS(=O)(=O)C1)c1cccc2ccccc12. The summed E-state index contributed by atoms with van der Waals surface area (Å²) >= 11 is 0. The maximum Gasteiger partial charge on any atom is 0.227 e. The molecule has 0 fully saturated rings. The number of fused-ring (bicyclic) bond motifs is 1. The Morgan fingerprint density at radius 2 is 1.91 bits per heavy atom. The van der Waals surface area contributed by atoms with Gasteiger partial charge in [0.1, 0.15) is 0 Å². The molecule has 0 saturated heterocycles. The minimum Gasteiger partial charge on any atom is -0.312 e. The van der Waals surface area contributed by atoms with Crippen LogP contribution in [0.2, 0.25) is 0 Å². The maximum absolute atomic E-state index is 12.7. The van der Waals surface area contributed by atoms with Crippen molar-refractivity contribution in [3.05, 3.63) is 53.9 Å². The first kappa shape index (κ1) is 15.7. The monoisotopic (exact) mass is 329 g/mol. The molecule has 0 N–H and O–H groups in total. The Kier molecular flexibility index (Phi) is 4.22. The molecule has 2 aromatic rings. The predicted molar refractivity (Wildman–Crippen MR) is 93.0 cm³/mol. The van der Waals surface area contributed by atoms with Crippen LogP contribution in [0.25, 0.3) is 10.8 Å². The van der Waals surface area contributed by atoms with Crippen molar-refractivity contribution in [3.8, 4) is 0 Å². The second-order valence-electron chi connectivity index (χ2n) is 5.76. The fraction of sp³-hybridized carbons (Fsp3) is 0.278. The van der Waals surface area contributed by atoms with Gasteiger partial charge in [0.25, 0.3) is 0 Å². The smallest absolute Gasteiger partial charge is 0.227 e. The van der Waals surface area contributed by atoms with Crippen LogP contribution in [0.15, 0.2) is 53.9 Å². The van der Waals surface area contributed by atoms with Gasteiger partial charge in [0.15, 0.2) is 9.84 Å². The molecule has 1 atom stereocenters. The van der Waals surface area contributed by atoms with Crippen LogP contribution < -0.4 is 4.90 Å². The van der Waals surface area contributed by atoms with Crippen LogP contribution in [0.3, 0.4) is 0 Å². The number of hydrogen-bond donors (Lipinski definition) is 0. The number of hydrogen-bond acceptors (Lipinski definition) is 3. The molecular weight excluding hydrogens is 310 g/mol. The highest BCUT2D eigenvalue weighted by molar-refractivity contribution is 7.94. The van der Waals surface area contributed by atoms with Gasteiger partial charge in [0.2, 0.25) is 5.91 Å². The van der Waals surface area contributed by atoms with Crippen LogP contribution >= 0.6 is 0 Å². The second-order valence-corrected chi connectivity index (χ2v) is 7.69. The molecule has 1 unspecified atom stereocenters. The summed E-state index contributed by atoms with van der Waals surface area (Å²) in [4.78, 5) is 14.4. The molecule has 4 nitrogen and oxygen atoms in total. The van der Waals surface area contributed by atoms with E-state index in [1.54, 1.807) is 11.0 Å². The lowest BCUT2D eigenvalue weighted by Crippen LogP contribution is -2.32. The molecule has 23 heavy (non-hydrogen) atoms. The van der Waals surface area contributed by atoms with E-state index in [9.17, 15) is 13.2 Å². The molecular formula is C18H19NO3S. The lowest BCUT2D eigenvalue weighted by Gasteiger charge is -2.24. The largest absolute Gasteiger partial charge is 0.312 e. The van der Waals surface area contributed by atoms with Gasteiger partial charge in [0.05, 0.1) is 11.4 Å². The Morgan fingerprint density at radius 1 is 1.17 bits per heavy atom. The molecule has 3 rings (SSSR count). The quantitative estimate of drug-likeness (QED) is 0.866. The third-order valence-electron chi connectivity index (χ3n) is 4.12. The van der Waals surface area contributed by atoms with Crippen LogP contribution in [0.1, 0.15) is 13.3 Å². The van der Waals surface area contributed by atoms with Gasteiger partial charge in [0, 0.05) is 29.7 Å². The van der Waals surface area contributed by atoms with Gasteiger partial charge in [-0.15, -0.1) is 0 Å². The molecule has 1 amide bonds. The van der Waals surface area contributed by atoms with Crippen molar-refractivity contribution in [2.24, 2.45) is 5.92 Å². The summed E-state index contributed by atoms with van der Waals surface area (Å²) in [6.45, 7) is 2.48. The van der Waals surface area contributed by atoms with Gasteiger partial charge in [-0.2, -0.15) is 0 Å². The zero-order chi connectivity index (χ0) is 16.4. The average Bonchev–Trinajstić information content (AvgIpc) is 2.87. The van der Waals surface area contributed by atoms with E-state index in [1.165, 1.54) is 5.41 Å². The molecule has 0 aliphatic carbocycles. The number of benzene rings is 2. The van der Waals surface area contributed by atoms with Crippen molar-refractivity contribution < 1.29 is 13.2 Å². The van der Waals surface area contributed by atoms with Crippen molar-refractivity contribution >= 4 is 32.2 Å². The van der Waals surface area contributed by atoms with Gasteiger partial charge < -0.3 is 4.90 Å². The van der Waals surface area contributed by atoms with Crippen molar-refractivity contribution in [1.29, 1.82) is 0 Å². The van der Waals surface area contributed by atoms with Crippen molar-refractivity contribution in [2.45, 2.75) is 13.3 Å². The van der Waals surface area contributed by atoms with Crippen LogP contribution in [0, 0.1) is 5.92 Å². The third-order valence-corrected chi connectivity index (χ3v) is 5.58. The van der Waals surface area contributed by atoms with E-state index in [-0.39, 0.29) is 24.0 Å². The zero-order valence-electron chi connectivity index (χ0n) is 13.0. The van der Waals surface area contributed by atoms with E-state index in [0.717, 1.165) is 16.5 Å². The summed E-state index contributed by atoms with van der Waals surface area (Å²) in [5.74, 6) is -0.238. The topological polar surface area (TPSA) is 54.5 Å². The summed E-state index contributed by atoms with van der Waals surface area (Å²) in [6, 6.07) is 13.8. The number of sulfone groups is 1. The normalized spacial score (nSPS) is 19.1. The second kappa shape index (κ2) is 6.16. The fourth-order valence-corrected chi connectivity index (χ4v) is 4.42. The van der Waals surface area contributed by atoms with Crippen LogP contribution in [-0.2, 0) is 14.6 Å². The molecule has 0 bridgehead atoms. The molecule has 1 heterocycles. The summed E-state index contributed by atoms with van der Waals surface area (Å²) in [5, 5.41) is 3.33. The van der Waals surface area contributed by atoms with Gasteiger partial charge in [-0.25, -0.2) is 8.42 Å². The molecule has 2 aromatic carbocycles. The number of nitrogens with zero attached hydrogens (tertiary/aromatic N) is 1. The molecule has 120 valence electrons. The minimum absolute atomic E-state index is 0.0336. The molecule has 5 heteroatoms. The summed E-state index contributed by atoms with van der Waals surface area (Å²) in [5.41, 5.74) is 0.875. The minimum atomic E-state index is -3.12. The van der Waals surface area contributed by atoms with E-state index >= 15 is 0 Å². The van der Waals surface area contributed by atoms with E-state index in [0.29, 0.717) is 6.54 Å². The number of amides is 1. The van der Waals surface area contributed by atoms with Crippen molar-refractivity contribution in [1.82, 2.24) is 0 Å². The molecule has 0 radical (unpaired) electrons. The molecule has 0 spiro atoms. The molecule has 0 saturated carbocycles. The fourth-order valence-electron chi connectivity index (χ4n) is 3.03. The standard InChI is InChI=1S/C18H19NO3S/c1-2-19(18(20)12-14-10-11-23(21,22)13-14)17-9-5-7-15-6-3-4-8-16(15)17/h3-11,14H,2,12-13H2,1H3. The highest BCUT2D eigenvalue weighted by Gasteiger charge is 2.26. The number of carbonyl (C=O) groups excluding carboxylic acids is 1. The lowest BCUT2D eigenvalue weighted by atomic mass is 10.1. The lowest BCUT2D eigenvalue weighted by molar-refractivity contribution is -0.119. The zero-order valence-corrected chi connectivity index (χ0v) is 13.8. The number of allylic oxidation sites excluding steroid dienone is 1. The van der Waals surface area contributed by atoms with Crippen molar-refractivity contribution in [2.75, 3.05) is 17.2 Å². The highest BCUT2D eigenvalue weighted by Crippen LogP contribution is 2.28. The predicted octanol–water partition coefficient (Wildman–Crippen LogP) is 3.14. The first-order chi connectivity index (χ1) is 11.0. The Labute approximate surface area is 136 Å². The Hall–Kier alpha value is -2.14. The number of rotatable bonds is 4. The number of anilines is 1. The first-order valence-corrected chi connectivity index (χ1v) is 9.41. The summed E-state index contributed by atoms with van der Waals surface area (Å²) in [6.07, 6.45) is 1.84. The van der Waals surface area contributed by atoms with E-state index in [2.05, 4.69) is 0 Å². The third kappa shape index (κ3) is 3.29. The van der Waals surface area contributed by atoms with E-state index in [4.69, 9.17) is 0 Å². The number of carbonyl (C=O) groups is 1. The average molecular weight is 329 g/mol. The summed E-state index contributed by atoms with van der Waals surface area (Å²) in [7, 11) is -3.12. The van der Waals surface area contributed by atoms with Crippen LogP contribution in [0.4, 0.5) is 5.69 Å². The van der Waals surface area contributed by atoms with Gasteiger partial charge >= 0.3 is 0 Å². The highest BCUT2D eigenvalue weighted by atomic mass is 32.2. The van der Waals surface area contributed by atoms with E-state index < -0.39 is 9.84 Å². The van der Waals surface area contributed by atoms with Gasteiger partial charge in [-0.05, 0) is 18.4 Å². The Morgan fingerprint density at radius 3 is 2.61 bits per heavy atom. The first-order valence-electron chi connectivity index (χ1n) is 7.69. The van der Waals surface area contributed by atoms with E-state index in [1.807, 2.05) is 49.4 Å². The summed E-state index contributed by atoms with van der Waals surface area (Å²) < 4.78 is 23.0. The molecule has 1 aliphatic heterocycles. The van der Waals surface area contributed by atoms with Crippen LogP contribution in [0.5, 0.6) is 0 Å². The molecule has 1 aliphatic rings. The Balaban J connectivity index is 1.87. The Bertz CT molecular complexity index is 865. The van der Waals surface area contributed by atoms with Crippen molar-refractivity contribution in [3.63, 3.8) is 0 Å².